The maximum Gasteiger partial charge on any atom is 0.150 e. The lowest BCUT2D eigenvalue weighted by molar-refractivity contribution is 0.112. The molecule has 0 fully saturated rings. The van der Waals surface area contributed by atoms with Crippen molar-refractivity contribution < 1.29 is 4.79 Å². The summed E-state index contributed by atoms with van der Waals surface area (Å²) in [4.78, 5) is 10.7. The summed E-state index contributed by atoms with van der Waals surface area (Å²) in [5.41, 5.74) is 0.664. The summed E-state index contributed by atoms with van der Waals surface area (Å²) in [6, 6.07) is 7.65. The molecule has 0 aromatic heterocycles. The van der Waals surface area contributed by atoms with Gasteiger partial charge in [0.1, 0.15) is 6.29 Å². The van der Waals surface area contributed by atoms with Gasteiger partial charge in [-0.15, -0.1) is 0 Å². The molecule has 0 atom stereocenters. The lowest BCUT2D eigenvalue weighted by Crippen LogP contribution is -1.84. The van der Waals surface area contributed by atoms with Crippen molar-refractivity contribution in [2.24, 2.45) is 0 Å². The zero-order valence-corrected chi connectivity index (χ0v) is 12.2. The van der Waals surface area contributed by atoms with Crippen LogP contribution in [0.4, 0.5) is 0 Å². The quantitative estimate of drug-likeness (QED) is 0.628. The Morgan fingerprint density at radius 3 is 2.13 bits per heavy atom. The van der Waals surface area contributed by atoms with Crippen LogP contribution in [0.1, 0.15) is 10.4 Å². The summed E-state index contributed by atoms with van der Waals surface area (Å²) >= 11 is 10.4. The number of fused-ring (bicyclic) bond motifs is 1. The van der Waals surface area contributed by atoms with Crippen LogP contribution in [-0.4, -0.2) is 6.29 Å². The molecule has 0 saturated heterocycles. The third kappa shape index (κ3) is 2.17. The summed E-state index contributed by atoms with van der Waals surface area (Å²) in [5, 5.41) is 2.09. The van der Waals surface area contributed by atoms with E-state index >= 15 is 0 Å². The average Bonchev–Trinajstić information content (AvgIpc) is 2.19. The molecule has 0 amide bonds. The van der Waals surface area contributed by atoms with Crippen molar-refractivity contribution in [3.05, 3.63) is 43.2 Å². The number of hydrogen-bond acceptors (Lipinski definition) is 1. The highest BCUT2D eigenvalue weighted by Crippen LogP contribution is 2.33. The van der Waals surface area contributed by atoms with Gasteiger partial charge in [-0.25, -0.2) is 0 Å². The molecule has 0 unspecified atom stereocenters. The zero-order valence-electron chi connectivity index (χ0n) is 7.43. The molecule has 0 spiro atoms. The van der Waals surface area contributed by atoms with E-state index in [0.29, 0.717) is 5.56 Å². The fourth-order valence-electron chi connectivity index (χ4n) is 1.43. The molecular formula is C11H5Br3O. The van der Waals surface area contributed by atoms with E-state index in [4.69, 9.17) is 0 Å². The van der Waals surface area contributed by atoms with E-state index in [0.717, 1.165) is 30.5 Å². The molecule has 0 radical (unpaired) electrons. The lowest BCUT2D eigenvalue weighted by Gasteiger charge is -2.05. The molecule has 0 bridgehead atoms. The van der Waals surface area contributed by atoms with E-state index in [2.05, 4.69) is 47.8 Å². The molecule has 15 heavy (non-hydrogen) atoms. The molecular weight excluding hydrogens is 388 g/mol. The maximum atomic E-state index is 10.7. The largest absolute Gasteiger partial charge is 0.298 e. The predicted molar refractivity (Wildman–Crippen MR) is 72.4 cm³/mol. The van der Waals surface area contributed by atoms with Gasteiger partial charge >= 0.3 is 0 Å². The van der Waals surface area contributed by atoms with E-state index in [1.54, 1.807) is 0 Å². The second-order valence-electron chi connectivity index (χ2n) is 3.10. The van der Waals surface area contributed by atoms with E-state index in [1.165, 1.54) is 0 Å². The molecule has 0 saturated carbocycles. The van der Waals surface area contributed by atoms with Crippen LogP contribution < -0.4 is 0 Å². The molecule has 4 heteroatoms. The van der Waals surface area contributed by atoms with Gasteiger partial charge in [0.25, 0.3) is 0 Å². The zero-order chi connectivity index (χ0) is 11.0. The lowest BCUT2D eigenvalue weighted by atomic mass is 10.1. The van der Waals surface area contributed by atoms with Crippen molar-refractivity contribution in [1.82, 2.24) is 0 Å². The Hall–Kier alpha value is -0.190. The first-order valence-corrected chi connectivity index (χ1v) is 6.53. The average molecular weight is 393 g/mol. The summed E-state index contributed by atoms with van der Waals surface area (Å²) in [5.74, 6) is 0. The Kier molecular flexibility index (Phi) is 3.28. The summed E-state index contributed by atoms with van der Waals surface area (Å²) in [6.07, 6.45) is 0.846. The second kappa shape index (κ2) is 4.36. The highest BCUT2D eigenvalue weighted by atomic mass is 79.9. The van der Waals surface area contributed by atoms with E-state index in [1.807, 2.05) is 24.3 Å². The van der Waals surface area contributed by atoms with Crippen molar-refractivity contribution in [2.45, 2.75) is 0 Å². The predicted octanol–water partition coefficient (Wildman–Crippen LogP) is 4.94. The molecule has 0 N–H and O–H groups in total. The van der Waals surface area contributed by atoms with E-state index < -0.39 is 0 Å². The fourth-order valence-corrected chi connectivity index (χ4v) is 3.36. The number of aldehydes is 1. The molecule has 1 nitrogen and oxygen atoms in total. The standard InChI is InChI=1S/C11H5Br3O/c12-7-3-9-8(11(14)4-7)1-6(5-15)2-10(9)13/h1-5H. The van der Waals surface area contributed by atoms with Gasteiger partial charge in [-0.3, -0.25) is 4.79 Å². The Labute approximate surface area is 112 Å². The van der Waals surface area contributed by atoms with E-state index in [9.17, 15) is 4.79 Å². The molecule has 2 aromatic carbocycles. The Morgan fingerprint density at radius 1 is 0.867 bits per heavy atom. The SMILES string of the molecule is O=Cc1cc(Br)c2cc(Br)cc(Br)c2c1. The highest BCUT2D eigenvalue weighted by molar-refractivity contribution is 9.11. The number of hydrogen-bond donors (Lipinski definition) is 0. The van der Waals surface area contributed by atoms with Crippen LogP contribution in [0.2, 0.25) is 0 Å². The second-order valence-corrected chi connectivity index (χ2v) is 5.73. The van der Waals surface area contributed by atoms with Crippen molar-refractivity contribution in [1.29, 1.82) is 0 Å². The third-order valence-electron chi connectivity index (χ3n) is 2.09. The Morgan fingerprint density at radius 2 is 1.47 bits per heavy atom. The van der Waals surface area contributed by atoms with Crippen LogP contribution in [0.15, 0.2) is 37.7 Å². The Balaban J connectivity index is 2.91. The molecule has 0 aliphatic carbocycles. The summed E-state index contributed by atoms with van der Waals surface area (Å²) < 4.78 is 2.89. The minimum Gasteiger partial charge on any atom is -0.298 e. The van der Waals surface area contributed by atoms with Gasteiger partial charge in [-0.1, -0.05) is 47.8 Å². The minimum absolute atomic E-state index is 0.664. The van der Waals surface area contributed by atoms with Crippen LogP contribution in [0.25, 0.3) is 10.8 Å². The molecule has 76 valence electrons. The molecule has 0 aliphatic heterocycles. The van der Waals surface area contributed by atoms with Crippen LogP contribution in [0, 0.1) is 0 Å². The van der Waals surface area contributed by atoms with Gasteiger partial charge in [0.15, 0.2) is 0 Å². The number of halogens is 3. The monoisotopic (exact) mass is 390 g/mol. The number of carbonyl (C=O) groups is 1. The molecule has 0 heterocycles. The van der Waals surface area contributed by atoms with Crippen LogP contribution in [0.5, 0.6) is 0 Å². The van der Waals surface area contributed by atoms with Gasteiger partial charge in [-0.05, 0) is 35.0 Å². The number of benzene rings is 2. The maximum absolute atomic E-state index is 10.7. The van der Waals surface area contributed by atoms with Gasteiger partial charge in [-0.2, -0.15) is 0 Å². The molecule has 2 rings (SSSR count). The van der Waals surface area contributed by atoms with Crippen LogP contribution >= 0.6 is 47.8 Å². The van der Waals surface area contributed by atoms with Crippen molar-refractivity contribution >= 4 is 64.8 Å². The van der Waals surface area contributed by atoms with Gasteiger partial charge in [0.05, 0.1) is 0 Å². The molecule has 0 aliphatic rings. The minimum atomic E-state index is 0.664. The highest BCUT2D eigenvalue weighted by Gasteiger charge is 2.06. The fraction of sp³-hybridized carbons (Fsp3) is 0. The van der Waals surface area contributed by atoms with Gasteiger partial charge in [0, 0.05) is 19.0 Å². The number of rotatable bonds is 1. The van der Waals surface area contributed by atoms with Crippen LogP contribution in [-0.2, 0) is 0 Å². The third-order valence-corrected chi connectivity index (χ3v) is 3.86. The molecule has 2 aromatic rings. The smallest absolute Gasteiger partial charge is 0.150 e. The van der Waals surface area contributed by atoms with E-state index in [-0.39, 0.29) is 0 Å². The van der Waals surface area contributed by atoms with Crippen molar-refractivity contribution in [3.8, 4) is 0 Å². The first-order valence-electron chi connectivity index (χ1n) is 4.15. The number of carbonyl (C=O) groups excluding carboxylic acids is 1. The summed E-state index contributed by atoms with van der Waals surface area (Å²) in [6.45, 7) is 0. The van der Waals surface area contributed by atoms with Crippen molar-refractivity contribution in [2.75, 3.05) is 0 Å². The summed E-state index contributed by atoms with van der Waals surface area (Å²) in [7, 11) is 0. The normalized spacial score (nSPS) is 10.6. The van der Waals surface area contributed by atoms with Crippen LogP contribution in [0.3, 0.4) is 0 Å². The Bertz CT molecular complexity index is 549. The first kappa shape index (κ1) is 11.3. The first-order chi connectivity index (χ1) is 7.11. The van der Waals surface area contributed by atoms with Gasteiger partial charge in [0.2, 0.25) is 0 Å². The van der Waals surface area contributed by atoms with Gasteiger partial charge < -0.3 is 0 Å². The topological polar surface area (TPSA) is 17.1 Å². The van der Waals surface area contributed by atoms with Crippen molar-refractivity contribution in [3.63, 3.8) is 0 Å².